The van der Waals surface area contributed by atoms with Gasteiger partial charge < -0.3 is 14.8 Å². The van der Waals surface area contributed by atoms with E-state index in [1.807, 2.05) is 37.3 Å². The molecule has 0 radical (unpaired) electrons. The van der Waals surface area contributed by atoms with Gasteiger partial charge in [-0.25, -0.2) is 4.79 Å². The summed E-state index contributed by atoms with van der Waals surface area (Å²) in [5, 5.41) is 2.70. The smallest absolute Gasteiger partial charge is 0.338 e. The second-order valence-electron chi connectivity index (χ2n) is 4.80. The predicted molar refractivity (Wildman–Crippen MR) is 86.2 cm³/mol. The molecule has 2 aromatic rings. The Kier molecular flexibility index (Phi) is 6.17. The van der Waals surface area contributed by atoms with Gasteiger partial charge in [0.2, 0.25) is 0 Å². The van der Waals surface area contributed by atoms with Crippen LogP contribution in [0.25, 0.3) is 0 Å². The second-order valence-corrected chi connectivity index (χ2v) is 4.80. The van der Waals surface area contributed by atoms with E-state index in [1.54, 1.807) is 24.3 Å². The van der Waals surface area contributed by atoms with E-state index >= 15 is 0 Å². The van der Waals surface area contributed by atoms with Crippen molar-refractivity contribution in [2.45, 2.75) is 13.5 Å². The van der Waals surface area contributed by atoms with Gasteiger partial charge >= 0.3 is 5.97 Å². The van der Waals surface area contributed by atoms with E-state index in [9.17, 15) is 9.59 Å². The van der Waals surface area contributed by atoms with E-state index < -0.39 is 5.97 Å². The van der Waals surface area contributed by atoms with Gasteiger partial charge in [0, 0.05) is 6.54 Å². The molecule has 0 aliphatic heterocycles. The van der Waals surface area contributed by atoms with Crippen molar-refractivity contribution < 1.29 is 19.1 Å². The van der Waals surface area contributed by atoms with Gasteiger partial charge in [-0.15, -0.1) is 0 Å². The van der Waals surface area contributed by atoms with Gasteiger partial charge in [0.05, 0.1) is 12.2 Å². The van der Waals surface area contributed by atoms with E-state index in [0.717, 1.165) is 5.56 Å². The summed E-state index contributed by atoms with van der Waals surface area (Å²) in [6, 6.07) is 16.1. The summed E-state index contributed by atoms with van der Waals surface area (Å²) in [7, 11) is 0. The minimum Gasteiger partial charge on any atom is -0.494 e. The van der Waals surface area contributed by atoms with Crippen molar-refractivity contribution >= 4 is 11.9 Å². The van der Waals surface area contributed by atoms with Crippen molar-refractivity contribution in [1.82, 2.24) is 5.32 Å². The molecule has 1 amide bonds. The average molecular weight is 313 g/mol. The minimum absolute atomic E-state index is 0.307. The molecule has 120 valence electrons. The number of hydrogen-bond acceptors (Lipinski definition) is 4. The molecule has 2 rings (SSSR count). The fourth-order valence-corrected chi connectivity index (χ4v) is 1.92. The molecule has 0 heterocycles. The lowest BCUT2D eigenvalue weighted by molar-refractivity contribution is -0.124. The highest BCUT2D eigenvalue weighted by atomic mass is 16.5. The molecule has 5 heteroatoms. The van der Waals surface area contributed by atoms with Crippen LogP contribution in [0.3, 0.4) is 0 Å². The zero-order valence-corrected chi connectivity index (χ0v) is 13.0. The molecule has 0 fully saturated rings. The molecule has 23 heavy (non-hydrogen) atoms. The monoisotopic (exact) mass is 313 g/mol. The first-order chi connectivity index (χ1) is 11.2. The Labute approximate surface area is 135 Å². The number of amides is 1. The third kappa shape index (κ3) is 5.47. The number of esters is 1. The molecule has 0 atom stereocenters. The normalized spacial score (nSPS) is 9.96. The van der Waals surface area contributed by atoms with Gasteiger partial charge in [-0.3, -0.25) is 4.79 Å². The van der Waals surface area contributed by atoms with Crippen LogP contribution in [0.2, 0.25) is 0 Å². The van der Waals surface area contributed by atoms with Crippen LogP contribution in [-0.4, -0.2) is 25.1 Å². The van der Waals surface area contributed by atoms with Gasteiger partial charge in [0.15, 0.2) is 6.61 Å². The largest absolute Gasteiger partial charge is 0.494 e. The van der Waals surface area contributed by atoms with Gasteiger partial charge in [-0.2, -0.15) is 0 Å². The Morgan fingerprint density at radius 2 is 1.70 bits per heavy atom. The van der Waals surface area contributed by atoms with Gasteiger partial charge in [0.25, 0.3) is 5.91 Å². The van der Waals surface area contributed by atoms with Crippen LogP contribution in [0.15, 0.2) is 54.6 Å². The summed E-state index contributed by atoms with van der Waals surface area (Å²) in [4.78, 5) is 23.5. The van der Waals surface area contributed by atoms with E-state index in [0.29, 0.717) is 24.5 Å². The summed E-state index contributed by atoms with van der Waals surface area (Å²) >= 11 is 0. The molecule has 0 saturated heterocycles. The number of ether oxygens (including phenoxy) is 2. The van der Waals surface area contributed by atoms with Crippen LogP contribution in [0, 0.1) is 0 Å². The molecule has 0 aliphatic carbocycles. The predicted octanol–water partition coefficient (Wildman–Crippen LogP) is 2.56. The maximum Gasteiger partial charge on any atom is 0.338 e. The van der Waals surface area contributed by atoms with E-state index in [-0.39, 0.29) is 12.5 Å². The van der Waals surface area contributed by atoms with Crippen LogP contribution in [0.1, 0.15) is 22.8 Å². The lowest BCUT2D eigenvalue weighted by atomic mass is 10.2. The van der Waals surface area contributed by atoms with Crippen LogP contribution in [0.4, 0.5) is 0 Å². The number of carbonyl (C=O) groups is 2. The molecule has 0 unspecified atom stereocenters. The number of carbonyl (C=O) groups excluding carboxylic acids is 2. The molecule has 1 N–H and O–H groups in total. The van der Waals surface area contributed by atoms with Crippen molar-refractivity contribution in [2.75, 3.05) is 13.2 Å². The maximum absolute atomic E-state index is 11.8. The van der Waals surface area contributed by atoms with Crippen LogP contribution in [0.5, 0.6) is 5.75 Å². The van der Waals surface area contributed by atoms with Crippen LogP contribution >= 0.6 is 0 Å². The minimum atomic E-state index is -0.539. The highest BCUT2D eigenvalue weighted by molar-refractivity contribution is 5.91. The Morgan fingerprint density at radius 3 is 2.35 bits per heavy atom. The number of rotatable bonds is 7. The highest BCUT2D eigenvalue weighted by Crippen LogP contribution is 2.12. The summed E-state index contributed by atoms with van der Waals surface area (Å²) < 4.78 is 10.3. The Hall–Kier alpha value is -2.82. The third-order valence-electron chi connectivity index (χ3n) is 3.07. The van der Waals surface area contributed by atoms with Crippen LogP contribution < -0.4 is 10.1 Å². The fraction of sp³-hybridized carbons (Fsp3) is 0.222. The standard InChI is InChI=1S/C18H19NO4/c1-2-22-16-10-8-15(9-11-16)18(21)23-13-17(20)19-12-14-6-4-3-5-7-14/h3-11H,2,12-13H2,1H3,(H,19,20). The number of hydrogen-bond donors (Lipinski definition) is 1. The number of benzene rings is 2. The quantitative estimate of drug-likeness (QED) is 0.798. The summed E-state index contributed by atoms with van der Waals surface area (Å²) in [5.74, 6) is -0.194. The Morgan fingerprint density at radius 1 is 1.00 bits per heavy atom. The molecule has 0 bridgehead atoms. The third-order valence-corrected chi connectivity index (χ3v) is 3.07. The summed E-state index contributed by atoms with van der Waals surface area (Å²) in [6.45, 7) is 2.54. The van der Waals surface area contributed by atoms with Crippen molar-refractivity contribution in [3.63, 3.8) is 0 Å². The van der Waals surface area contributed by atoms with Crippen molar-refractivity contribution in [3.05, 3.63) is 65.7 Å². The lowest BCUT2D eigenvalue weighted by Gasteiger charge is -2.07. The first kappa shape index (κ1) is 16.5. The average Bonchev–Trinajstić information content (AvgIpc) is 2.59. The molecule has 0 aromatic heterocycles. The SMILES string of the molecule is CCOc1ccc(C(=O)OCC(=O)NCc2ccccc2)cc1. The lowest BCUT2D eigenvalue weighted by Crippen LogP contribution is -2.28. The highest BCUT2D eigenvalue weighted by Gasteiger charge is 2.10. The summed E-state index contributed by atoms with van der Waals surface area (Å²) in [5.41, 5.74) is 1.36. The van der Waals surface area contributed by atoms with E-state index in [2.05, 4.69) is 5.32 Å². The molecule has 5 nitrogen and oxygen atoms in total. The molecule has 0 saturated carbocycles. The van der Waals surface area contributed by atoms with Gasteiger partial charge in [-0.1, -0.05) is 30.3 Å². The van der Waals surface area contributed by atoms with Crippen molar-refractivity contribution in [2.24, 2.45) is 0 Å². The van der Waals surface area contributed by atoms with Crippen LogP contribution in [-0.2, 0) is 16.1 Å². The fourth-order valence-electron chi connectivity index (χ4n) is 1.92. The number of nitrogens with one attached hydrogen (secondary N) is 1. The molecule has 0 aliphatic rings. The van der Waals surface area contributed by atoms with Gasteiger partial charge in [-0.05, 0) is 36.8 Å². The topological polar surface area (TPSA) is 64.6 Å². The van der Waals surface area contributed by atoms with Crippen molar-refractivity contribution in [1.29, 1.82) is 0 Å². The van der Waals surface area contributed by atoms with Crippen molar-refractivity contribution in [3.8, 4) is 5.75 Å². The Balaban J connectivity index is 1.76. The summed E-state index contributed by atoms with van der Waals surface area (Å²) in [6.07, 6.45) is 0. The first-order valence-electron chi connectivity index (χ1n) is 7.39. The zero-order chi connectivity index (χ0) is 16.5. The zero-order valence-electron chi connectivity index (χ0n) is 13.0. The maximum atomic E-state index is 11.8. The molecule has 0 spiro atoms. The molecular formula is C18H19NO4. The molecular weight excluding hydrogens is 294 g/mol. The first-order valence-corrected chi connectivity index (χ1v) is 7.39. The Bertz CT molecular complexity index is 638. The second kappa shape index (κ2) is 8.58. The molecule has 2 aromatic carbocycles. The van der Waals surface area contributed by atoms with E-state index in [1.165, 1.54) is 0 Å². The van der Waals surface area contributed by atoms with Gasteiger partial charge in [0.1, 0.15) is 5.75 Å². The van der Waals surface area contributed by atoms with E-state index in [4.69, 9.17) is 9.47 Å².